The van der Waals surface area contributed by atoms with Crippen molar-refractivity contribution in [3.8, 4) is 0 Å². The molecule has 5 aliphatic rings. The topological polar surface area (TPSA) is 19.6 Å². The predicted molar refractivity (Wildman–Crippen MR) is 335 cm³/mol. The van der Waals surface area contributed by atoms with Gasteiger partial charge in [-0.3, -0.25) is 0 Å². The van der Waals surface area contributed by atoms with Gasteiger partial charge in [0.1, 0.15) is 11.2 Å². The van der Waals surface area contributed by atoms with Crippen molar-refractivity contribution < 1.29 is 4.42 Å². The number of fused-ring (bicyclic) bond motifs is 7. The van der Waals surface area contributed by atoms with Gasteiger partial charge in [-0.15, -0.1) is 0 Å². The summed E-state index contributed by atoms with van der Waals surface area (Å²) in [4.78, 5) is 5.31. The van der Waals surface area contributed by atoms with Crippen LogP contribution in [0.15, 0.2) is 101 Å². The fourth-order valence-corrected chi connectivity index (χ4v) is 15.8. The first-order valence-electron chi connectivity index (χ1n) is 30.7. The Balaban J connectivity index is 1.13. The van der Waals surface area contributed by atoms with Gasteiger partial charge in [0.25, 0.3) is 0 Å². The third-order valence-corrected chi connectivity index (χ3v) is 21.8. The molecular weight excluding hydrogens is 945 g/mol. The van der Waals surface area contributed by atoms with Crippen molar-refractivity contribution in [1.29, 1.82) is 0 Å². The van der Waals surface area contributed by atoms with E-state index < -0.39 is 0 Å². The van der Waals surface area contributed by atoms with Crippen molar-refractivity contribution in [3.63, 3.8) is 0 Å². The molecule has 0 amide bonds. The average molecular weight is 1040 g/mol. The number of nitrogens with zero attached hydrogens (tertiary/aromatic N) is 2. The van der Waals surface area contributed by atoms with Crippen molar-refractivity contribution in [2.75, 3.05) is 9.80 Å². The normalized spacial score (nSPS) is 22.0. The number of hydrogen-bond acceptors (Lipinski definition) is 3. The minimum atomic E-state index is 0.0395. The fraction of sp³-hybridized carbons (Fsp3) is 0.520. The summed E-state index contributed by atoms with van der Waals surface area (Å²) >= 11 is 0. The van der Waals surface area contributed by atoms with Gasteiger partial charge in [-0.2, -0.15) is 0 Å². The molecule has 0 spiro atoms. The number of anilines is 6. The molecule has 78 heavy (non-hydrogen) atoms. The number of rotatable bonds is 7. The highest BCUT2D eigenvalue weighted by Gasteiger charge is 2.42. The maximum Gasteiger partial charge on any atom is 0.137 e. The lowest BCUT2D eigenvalue weighted by molar-refractivity contribution is 0.332. The Labute approximate surface area is 471 Å². The van der Waals surface area contributed by atoms with E-state index in [1.165, 1.54) is 172 Å². The third kappa shape index (κ3) is 8.79. The van der Waals surface area contributed by atoms with Gasteiger partial charge in [-0.25, -0.2) is 0 Å². The van der Waals surface area contributed by atoms with Gasteiger partial charge in [-0.05, 0) is 249 Å². The summed E-state index contributed by atoms with van der Waals surface area (Å²) in [5.41, 5.74) is 24.6. The molecule has 0 atom stereocenters. The first kappa shape index (κ1) is 53.4. The quantitative estimate of drug-likeness (QED) is 0.159. The van der Waals surface area contributed by atoms with Crippen molar-refractivity contribution in [2.45, 2.75) is 250 Å². The van der Waals surface area contributed by atoms with E-state index in [-0.39, 0.29) is 43.3 Å². The minimum Gasteiger partial charge on any atom is -0.456 e. The molecule has 0 saturated heterocycles. The zero-order valence-corrected chi connectivity index (χ0v) is 51.3. The van der Waals surface area contributed by atoms with Crippen LogP contribution in [-0.2, 0) is 43.3 Å². The third-order valence-electron chi connectivity index (χ3n) is 21.8. The van der Waals surface area contributed by atoms with Crippen molar-refractivity contribution in [3.05, 3.63) is 153 Å². The van der Waals surface area contributed by atoms with E-state index in [0.29, 0.717) is 5.92 Å². The highest BCUT2D eigenvalue weighted by atomic mass is 16.3. The summed E-state index contributed by atoms with van der Waals surface area (Å²) in [5, 5.41) is 2.42. The Hall–Kier alpha value is -5.28. The second-order valence-corrected chi connectivity index (χ2v) is 31.2. The lowest BCUT2D eigenvalue weighted by atomic mass is 9.63. The maximum absolute atomic E-state index is 7.14. The van der Waals surface area contributed by atoms with Gasteiger partial charge >= 0.3 is 0 Å². The summed E-state index contributed by atoms with van der Waals surface area (Å²) in [6.07, 6.45) is 15.8. The van der Waals surface area contributed by atoms with Crippen LogP contribution < -0.4 is 9.80 Å². The number of aryl methyl sites for hydroxylation is 1. The molecule has 0 unspecified atom stereocenters. The molecule has 6 aromatic carbocycles. The summed E-state index contributed by atoms with van der Waals surface area (Å²) in [6, 6.07) is 40.1. The lowest BCUT2D eigenvalue weighted by Crippen LogP contribution is -2.34. The maximum atomic E-state index is 7.14. The van der Waals surface area contributed by atoms with Crippen molar-refractivity contribution in [2.24, 2.45) is 0 Å². The molecule has 0 aliphatic heterocycles. The van der Waals surface area contributed by atoms with Gasteiger partial charge in [0, 0.05) is 51.0 Å². The SMILES string of the molecule is Cc1cc2c(cc1N(c1cc(C3CCCCC3)cc(N(c3ccc4c(c3)C(C)(C)CCC4(C)C)c3ccc4c(c3)C(C)(C)CCC4(C)C)c1)c1ccc3c(c1)oc1cc4c(cc13)C(C)(C)CCC4(C)C)C(C)(C)CCC2(C)C. The molecule has 3 heteroatoms. The standard InChI is InChI=1S/C75H94N2O/c1-47-37-59-63(74(14,15)35-33-70(59,6)7)45-65(47)77(52-23-26-55-56-44-62-64(46-67(56)78-66(55)43-52)75(16,17)36-34-73(62,12)13)54-39-49(48-21-19-18-20-22-48)38-53(40-54)76(50-24-27-57-60(41-50)71(8,9)31-29-68(57,2)3)51-25-28-58-61(42-51)72(10,11)32-30-69(58,4)5/h23-28,37-46,48H,18-22,29-36H2,1-17H3. The molecule has 1 heterocycles. The lowest BCUT2D eigenvalue weighted by Gasteiger charge is -2.43. The van der Waals surface area contributed by atoms with E-state index in [1.807, 2.05) is 0 Å². The largest absolute Gasteiger partial charge is 0.456 e. The molecule has 0 radical (unpaired) electrons. The van der Waals surface area contributed by atoms with Crippen LogP contribution in [0.3, 0.4) is 0 Å². The van der Waals surface area contributed by atoms with Gasteiger partial charge in [0.2, 0.25) is 0 Å². The van der Waals surface area contributed by atoms with Crippen LogP contribution in [0.25, 0.3) is 21.9 Å². The predicted octanol–water partition coefficient (Wildman–Crippen LogP) is 22.3. The molecule has 0 N–H and O–H groups in total. The van der Waals surface area contributed by atoms with E-state index >= 15 is 0 Å². The highest BCUT2D eigenvalue weighted by molar-refractivity contribution is 6.07. The Kier molecular flexibility index (Phi) is 12.2. The van der Waals surface area contributed by atoms with Gasteiger partial charge in [-0.1, -0.05) is 148 Å². The molecule has 5 aliphatic carbocycles. The molecule has 7 aromatic rings. The molecule has 0 bridgehead atoms. The highest BCUT2D eigenvalue weighted by Crippen LogP contribution is 2.55. The second kappa shape index (κ2) is 17.9. The molecule has 12 rings (SSSR count). The summed E-state index contributed by atoms with van der Waals surface area (Å²) in [7, 11) is 0. The Morgan fingerprint density at radius 2 is 0.718 bits per heavy atom. The molecule has 1 fully saturated rings. The fourth-order valence-electron chi connectivity index (χ4n) is 15.8. The molecule has 1 aromatic heterocycles. The van der Waals surface area contributed by atoms with Crippen LogP contribution in [0.5, 0.6) is 0 Å². The van der Waals surface area contributed by atoms with E-state index in [9.17, 15) is 0 Å². The van der Waals surface area contributed by atoms with E-state index in [0.717, 1.165) is 23.3 Å². The van der Waals surface area contributed by atoms with Crippen LogP contribution in [0.4, 0.5) is 34.1 Å². The molecule has 410 valence electrons. The summed E-state index contributed by atoms with van der Waals surface area (Å²) < 4.78 is 7.14. The number of furan rings is 1. The van der Waals surface area contributed by atoms with Crippen molar-refractivity contribution in [1.82, 2.24) is 0 Å². The van der Waals surface area contributed by atoms with E-state index in [4.69, 9.17) is 4.42 Å². The van der Waals surface area contributed by atoms with Gasteiger partial charge in [0.15, 0.2) is 0 Å². The van der Waals surface area contributed by atoms with Crippen LogP contribution in [0, 0.1) is 6.92 Å². The Morgan fingerprint density at radius 3 is 1.22 bits per heavy atom. The minimum absolute atomic E-state index is 0.0395. The monoisotopic (exact) mass is 1040 g/mol. The van der Waals surface area contributed by atoms with Gasteiger partial charge in [0.05, 0.1) is 0 Å². The van der Waals surface area contributed by atoms with E-state index in [2.05, 4.69) is 225 Å². The first-order valence-corrected chi connectivity index (χ1v) is 30.7. The summed E-state index contributed by atoms with van der Waals surface area (Å²) in [6.45, 7) is 41.8. The number of benzene rings is 6. The smallest absolute Gasteiger partial charge is 0.137 e. The van der Waals surface area contributed by atoms with Crippen LogP contribution in [0.1, 0.15) is 256 Å². The number of hydrogen-bond donors (Lipinski definition) is 0. The van der Waals surface area contributed by atoms with Crippen LogP contribution >= 0.6 is 0 Å². The van der Waals surface area contributed by atoms with Crippen molar-refractivity contribution >= 4 is 56.1 Å². The van der Waals surface area contributed by atoms with Gasteiger partial charge < -0.3 is 14.2 Å². The molecular formula is C75H94N2O. The molecule has 3 nitrogen and oxygen atoms in total. The van der Waals surface area contributed by atoms with Crippen LogP contribution in [0.2, 0.25) is 0 Å². The van der Waals surface area contributed by atoms with Crippen LogP contribution in [-0.4, -0.2) is 0 Å². The average Bonchev–Trinajstić information content (AvgIpc) is 3.90. The van der Waals surface area contributed by atoms with E-state index in [1.54, 1.807) is 0 Å². The summed E-state index contributed by atoms with van der Waals surface area (Å²) in [5.74, 6) is 0.481. The zero-order valence-electron chi connectivity index (χ0n) is 51.3. The molecule has 1 saturated carbocycles. The Morgan fingerprint density at radius 1 is 0.333 bits per heavy atom. The second-order valence-electron chi connectivity index (χ2n) is 31.2. The first-order chi connectivity index (χ1) is 36.5. The zero-order chi connectivity index (χ0) is 55.5. The Bertz CT molecular complexity index is 3460.